The lowest BCUT2D eigenvalue weighted by Crippen LogP contribution is -2.22. The molecule has 0 aliphatic rings. The van der Waals surface area contributed by atoms with Crippen LogP contribution in [-0.4, -0.2) is 44.2 Å². The molecule has 0 bridgehead atoms. The van der Waals surface area contributed by atoms with E-state index >= 15 is 0 Å². The number of H-pyrrole nitrogens is 1. The fraction of sp³-hybridized carbons (Fsp3) is 0.538. The van der Waals surface area contributed by atoms with Crippen LogP contribution >= 0.6 is 0 Å². The second-order valence-corrected chi connectivity index (χ2v) is 5.24. The highest BCUT2D eigenvalue weighted by Crippen LogP contribution is 2.27. The minimum Gasteiger partial charge on any atom is -0.466 e. The number of carbonyl (C=O) groups excluding carboxylic acids is 1. The van der Waals surface area contributed by atoms with Crippen LogP contribution in [0.1, 0.15) is 29.8 Å². The van der Waals surface area contributed by atoms with Crippen LogP contribution in [0.25, 0.3) is 0 Å². The highest BCUT2D eigenvalue weighted by Gasteiger charge is 2.31. The molecule has 0 spiro atoms. The van der Waals surface area contributed by atoms with Crippen molar-refractivity contribution in [2.24, 2.45) is 0 Å². The maximum absolute atomic E-state index is 12.6. The Hall–Kier alpha value is -2.59. The lowest BCUT2D eigenvalue weighted by molar-refractivity contribution is -0.143. The monoisotopic (exact) mass is 346 g/mol. The number of hydrogen-bond donors (Lipinski definition) is 2. The Morgan fingerprint density at radius 1 is 1.42 bits per heavy atom. The van der Waals surface area contributed by atoms with Gasteiger partial charge < -0.3 is 4.74 Å². The number of nitrogens with one attached hydrogen (secondary N) is 2. The van der Waals surface area contributed by atoms with Crippen molar-refractivity contribution in [2.45, 2.75) is 39.4 Å². The Labute approximate surface area is 135 Å². The number of aromatic nitrogens is 5. The number of amides is 1. The predicted octanol–water partition coefficient (Wildman–Crippen LogP) is 1.93. The van der Waals surface area contributed by atoms with Crippen molar-refractivity contribution in [3.8, 4) is 6.01 Å². The van der Waals surface area contributed by atoms with Crippen LogP contribution in [0.2, 0.25) is 0 Å². The average Bonchev–Trinajstić information content (AvgIpc) is 3.02. The molecule has 0 aliphatic heterocycles. The van der Waals surface area contributed by atoms with Gasteiger partial charge in [0.1, 0.15) is 6.54 Å². The number of halogens is 3. The number of aryl methyl sites for hydroxylation is 1. The number of hydrogen-bond acceptors (Lipinski definition) is 5. The first-order chi connectivity index (χ1) is 11.1. The van der Waals surface area contributed by atoms with Crippen molar-refractivity contribution < 1.29 is 22.7 Å². The van der Waals surface area contributed by atoms with Crippen molar-refractivity contribution in [2.75, 3.05) is 12.4 Å². The highest BCUT2D eigenvalue weighted by atomic mass is 19.4. The van der Waals surface area contributed by atoms with E-state index < -0.39 is 24.5 Å². The minimum absolute atomic E-state index is 0.0586. The summed E-state index contributed by atoms with van der Waals surface area (Å²) in [5.41, 5.74) is 1.11. The summed E-state index contributed by atoms with van der Waals surface area (Å²) < 4.78 is 43.4. The van der Waals surface area contributed by atoms with Crippen LogP contribution < -0.4 is 10.1 Å². The molecular formula is C13H17F3N6O2. The molecule has 132 valence electrons. The van der Waals surface area contributed by atoms with E-state index in [1.807, 2.05) is 0 Å². The molecule has 0 unspecified atom stereocenters. The number of alkyl halides is 3. The normalized spacial score (nSPS) is 13.0. The van der Waals surface area contributed by atoms with Gasteiger partial charge in [-0.15, -0.1) is 5.10 Å². The smallest absolute Gasteiger partial charge is 0.408 e. The van der Waals surface area contributed by atoms with E-state index in [0.29, 0.717) is 17.0 Å². The molecule has 0 fully saturated rings. The fourth-order valence-electron chi connectivity index (χ4n) is 2.41. The Morgan fingerprint density at radius 2 is 2.08 bits per heavy atom. The molecule has 2 aromatic heterocycles. The first-order valence-corrected chi connectivity index (χ1v) is 7.00. The van der Waals surface area contributed by atoms with Crippen molar-refractivity contribution in [3.63, 3.8) is 0 Å². The molecule has 2 N–H and O–H groups in total. The number of aromatic amines is 1. The van der Waals surface area contributed by atoms with Gasteiger partial charge in [0.05, 0.1) is 18.7 Å². The third-order valence-electron chi connectivity index (χ3n) is 3.48. The molecule has 0 saturated carbocycles. The summed E-state index contributed by atoms with van der Waals surface area (Å²) in [4.78, 5) is 16.2. The van der Waals surface area contributed by atoms with Gasteiger partial charge in [0, 0.05) is 11.3 Å². The molecule has 2 rings (SSSR count). The van der Waals surface area contributed by atoms with Crippen LogP contribution in [0.5, 0.6) is 6.01 Å². The molecule has 2 heterocycles. The SMILES string of the molecule is COc1n[nH]c(NC(=O)[C@H](C)c2c(C)nn(CC(F)(F)F)c2C)n1. The minimum atomic E-state index is -4.39. The second-order valence-electron chi connectivity index (χ2n) is 5.24. The van der Waals surface area contributed by atoms with Gasteiger partial charge >= 0.3 is 12.2 Å². The lowest BCUT2D eigenvalue weighted by atomic mass is 9.98. The van der Waals surface area contributed by atoms with Crippen LogP contribution in [0, 0.1) is 13.8 Å². The van der Waals surface area contributed by atoms with E-state index in [1.54, 1.807) is 13.8 Å². The van der Waals surface area contributed by atoms with Crippen LogP contribution in [0.15, 0.2) is 0 Å². The van der Waals surface area contributed by atoms with Crippen molar-refractivity contribution in [3.05, 3.63) is 17.0 Å². The Kier molecular flexibility index (Phi) is 4.81. The van der Waals surface area contributed by atoms with E-state index in [9.17, 15) is 18.0 Å². The van der Waals surface area contributed by atoms with Crippen molar-refractivity contribution in [1.29, 1.82) is 0 Å². The third-order valence-corrected chi connectivity index (χ3v) is 3.48. The van der Waals surface area contributed by atoms with E-state index in [1.165, 1.54) is 14.0 Å². The van der Waals surface area contributed by atoms with E-state index in [4.69, 9.17) is 4.74 Å². The first kappa shape index (κ1) is 17.8. The van der Waals surface area contributed by atoms with Crippen LogP contribution in [0.3, 0.4) is 0 Å². The zero-order chi connectivity index (χ0) is 18.1. The van der Waals surface area contributed by atoms with Crippen LogP contribution in [0.4, 0.5) is 19.1 Å². The van der Waals surface area contributed by atoms with Gasteiger partial charge in [-0.05, 0) is 20.8 Å². The summed E-state index contributed by atoms with van der Waals surface area (Å²) in [6.07, 6.45) is -4.39. The Balaban J connectivity index is 2.19. The number of ether oxygens (including phenoxy) is 1. The summed E-state index contributed by atoms with van der Waals surface area (Å²) in [5.74, 6) is -1.09. The molecule has 0 radical (unpaired) electrons. The Morgan fingerprint density at radius 3 is 2.62 bits per heavy atom. The first-order valence-electron chi connectivity index (χ1n) is 7.00. The molecule has 0 aliphatic carbocycles. The zero-order valence-corrected chi connectivity index (χ0v) is 13.5. The van der Waals surface area contributed by atoms with Gasteiger partial charge in [-0.1, -0.05) is 0 Å². The maximum atomic E-state index is 12.6. The van der Waals surface area contributed by atoms with Gasteiger partial charge in [-0.3, -0.25) is 14.8 Å². The predicted molar refractivity (Wildman–Crippen MR) is 77.7 cm³/mol. The van der Waals surface area contributed by atoms with Gasteiger partial charge in [-0.2, -0.15) is 23.3 Å². The third kappa shape index (κ3) is 3.84. The van der Waals surface area contributed by atoms with Crippen LogP contribution in [-0.2, 0) is 11.3 Å². The molecule has 0 aromatic carbocycles. The number of nitrogens with zero attached hydrogens (tertiary/aromatic N) is 4. The summed E-state index contributed by atoms with van der Waals surface area (Å²) in [7, 11) is 1.37. The van der Waals surface area contributed by atoms with Gasteiger partial charge in [-0.25, -0.2) is 5.10 Å². The largest absolute Gasteiger partial charge is 0.466 e. The van der Waals surface area contributed by atoms with Gasteiger partial charge in [0.15, 0.2) is 0 Å². The molecule has 1 atom stereocenters. The quantitative estimate of drug-likeness (QED) is 0.862. The summed E-state index contributed by atoms with van der Waals surface area (Å²) in [5, 5.41) is 12.5. The number of carbonyl (C=O) groups is 1. The number of methoxy groups -OCH3 is 1. The highest BCUT2D eigenvalue weighted by molar-refractivity contribution is 5.94. The van der Waals surface area contributed by atoms with E-state index in [0.717, 1.165) is 4.68 Å². The fourth-order valence-corrected chi connectivity index (χ4v) is 2.41. The van der Waals surface area contributed by atoms with Gasteiger partial charge in [0.2, 0.25) is 11.9 Å². The second kappa shape index (κ2) is 6.49. The number of rotatable bonds is 5. The molecular weight excluding hydrogens is 329 g/mol. The molecule has 11 heteroatoms. The van der Waals surface area contributed by atoms with E-state index in [2.05, 4.69) is 25.6 Å². The standard InChI is InChI=1S/C13H17F3N6O2/c1-6(10(23)17-11-18-12(24-4)20-19-11)9-7(2)21-22(8(9)3)5-13(14,15)16/h6H,5H2,1-4H3,(H2,17,18,19,20,23)/t6-/m1/s1. The lowest BCUT2D eigenvalue weighted by Gasteiger charge is -2.12. The molecule has 8 nitrogen and oxygen atoms in total. The van der Waals surface area contributed by atoms with E-state index in [-0.39, 0.29) is 12.0 Å². The van der Waals surface area contributed by atoms with Crippen molar-refractivity contribution in [1.82, 2.24) is 25.0 Å². The maximum Gasteiger partial charge on any atom is 0.408 e. The molecule has 0 saturated heterocycles. The molecule has 2 aromatic rings. The van der Waals surface area contributed by atoms with Gasteiger partial charge in [0.25, 0.3) is 0 Å². The summed E-state index contributed by atoms with van der Waals surface area (Å²) >= 11 is 0. The number of anilines is 1. The van der Waals surface area contributed by atoms with Crippen molar-refractivity contribution >= 4 is 11.9 Å². The topological polar surface area (TPSA) is 97.7 Å². The Bertz CT molecular complexity index is 737. The average molecular weight is 346 g/mol. The molecule has 1 amide bonds. The summed E-state index contributed by atoms with van der Waals surface area (Å²) in [6.45, 7) is 3.45. The molecule has 24 heavy (non-hydrogen) atoms. The summed E-state index contributed by atoms with van der Waals surface area (Å²) in [6, 6.07) is 0.0586. The zero-order valence-electron chi connectivity index (χ0n) is 13.5.